The van der Waals surface area contributed by atoms with E-state index in [1.807, 2.05) is 6.07 Å². The fourth-order valence-corrected chi connectivity index (χ4v) is 3.98. The van der Waals surface area contributed by atoms with Gasteiger partial charge in [0, 0.05) is 12.5 Å². The standard InChI is InChI=1S/C15H14Cl2N2O2S/c1-22(20,21)13-3-2-8-18-15(13)19-12-7-5-10-9(12)4-6-11(16)14(10)17/h2-4,6,8,12H,5,7H2,1H3,(H,18,19). The molecule has 22 heavy (non-hydrogen) atoms. The number of hydrogen-bond acceptors (Lipinski definition) is 4. The number of aromatic nitrogens is 1. The van der Waals surface area contributed by atoms with E-state index in [1.54, 1.807) is 24.4 Å². The molecule has 0 amide bonds. The summed E-state index contributed by atoms with van der Waals surface area (Å²) in [4.78, 5) is 4.37. The minimum Gasteiger partial charge on any atom is -0.362 e. The summed E-state index contributed by atoms with van der Waals surface area (Å²) in [5, 5.41) is 4.34. The summed E-state index contributed by atoms with van der Waals surface area (Å²) in [6.07, 6.45) is 4.36. The summed E-state index contributed by atoms with van der Waals surface area (Å²) in [5.74, 6) is 0.369. The molecule has 1 unspecified atom stereocenters. The van der Waals surface area contributed by atoms with Gasteiger partial charge in [-0.15, -0.1) is 0 Å². The molecule has 1 N–H and O–H groups in total. The lowest BCUT2D eigenvalue weighted by molar-refractivity contribution is 0.601. The molecule has 4 nitrogen and oxygen atoms in total. The van der Waals surface area contributed by atoms with E-state index >= 15 is 0 Å². The molecule has 1 aliphatic carbocycles. The summed E-state index contributed by atoms with van der Waals surface area (Å²) in [5.41, 5.74) is 2.06. The third-order valence-corrected chi connectivity index (χ3v) is 5.74. The van der Waals surface area contributed by atoms with Crippen molar-refractivity contribution in [2.24, 2.45) is 0 Å². The van der Waals surface area contributed by atoms with E-state index < -0.39 is 9.84 Å². The van der Waals surface area contributed by atoms with Gasteiger partial charge in [-0.1, -0.05) is 29.3 Å². The molecule has 1 aromatic carbocycles. The molecule has 0 radical (unpaired) electrons. The van der Waals surface area contributed by atoms with Crippen molar-refractivity contribution >= 4 is 38.9 Å². The lowest BCUT2D eigenvalue weighted by Gasteiger charge is -2.17. The zero-order chi connectivity index (χ0) is 15.9. The third-order valence-electron chi connectivity index (χ3n) is 3.77. The number of benzene rings is 1. The number of anilines is 1. The van der Waals surface area contributed by atoms with Crippen LogP contribution in [0.3, 0.4) is 0 Å². The molecule has 0 fully saturated rings. The number of nitrogens with one attached hydrogen (secondary N) is 1. The van der Waals surface area contributed by atoms with Crippen molar-refractivity contribution < 1.29 is 8.42 Å². The number of halogens is 2. The summed E-state index contributed by atoms with van der Waals surface area (Å²) >= 11 is 12.3. The van der Waals surface area contributed by atoms with Crippen LogP contribution in [-0.2, 0) is 16.3 Å². The fourth-order valence-electron chi connectivity index (χ4n) is 2.75. The number of rotatable bonds is 3. The van der Waals surface area contributed by atoms with E-state index in [9.17, 15) is 8.42 Å². The van der Waals surface area contributed by atoms with Crippen molar-refractivity contribution in [3.8, 4) is 0 Å². The molecular formula is C15H14Cl2N2O2S. The molecule has 0 saturated heterocycles. The van der Waals surface area contributed by atoms with Crippen LogP contribution in [0, 0.1) is 0 Å². The van der Waals surface area contributed by atoms with Gasteiger partial charge in [0.2, 0.25) is 0 Å². The summed E-state index contributed by atoms with van der Waals surface area (Å²) < 4.78 is 23.7. The Labute approximate surface area is 139 Å². The molecule has 1 atom stereocenters. The Morgan fingerprint density at radius 1 is 1.27 bits per heavy atom. The van der Waals surface area contributed by atoms with Gasteiger partial charge in [-0.3, -0.25) is 0 Å². The Kier molecular flexibility index (Phi) is 4.05. The molecule has 3 rings (SSSR count). The highest BCUT2D eigenvalue weighted by atomic mass is 35.5. The molecule has 0 spiro atoms. The van der Waals surface area contributed by atoms with Crippen LogP contribution in [-0.4, -0.2) is 19.7 Å². The molecule has 0 saturated carbocycles. The van der Waals surface area contributed by atoms with Crippen LogP contribution >= 0.6 is 23.2 Å². The first-order valence-electron chi connectivity index (χ1n) is 6.76. The minimum atomic E-state index is -3.34. The number of hydrogen-bond donors (Lipinski definition) is 1. The molecule has 2 aromatic rings. The quantitative estimate of drug-likeness (QED) is 0.905. The van der Waals surface area contributed by atoms with Gasteiger partial charge in [0.15, 0.2) is 9.84 Å². The van der Waals surface area contributed by atoms with Gasteiger partial charge in [-0.2, -0.15) is 0 Å². The van der Waals surface area contributed by atoms with Crippen molar-refractivity contribution in [2.75, 3.05) is 11.6 Å². The van der Waals surface area contributed by atoms with Crippen molar-refractivity contribution in [3.05, 3.63) is 51.6 Å². The highest BCUT2D eigenvalue weighted by Crippen LogP contribution is 2.40. The monoisotopic (exact) mass is 356 g/mol. The summed E-state index contributed by atoms with van der Waals surface area (Å²) in [6, 6.07) is 6.83. The Morgan fingerprint density at radius 2 is 2.05 bits per heavy atom. The Bertz CT molecular complexity index is 837. The Morgan fingerprint density at radius 3 is 2.77 bits per heavy atom. The lowest BCUT2D eigenvalue weighted by Crippen LogP contribution is -2.12. The van der Waals surface area contributed by atoms with E-state index in [2.05, 4.69) is 10.3 Å². The summed E-state index contributed by atoms with van der Waals surface area (Å²) in [7, 11) is -3.34. The first kappa shape index (κ1) is 15.6. The Balaban J connectivity index is 1.97. The normalized spacial score (nSPS) is 17.3. The third kappa shape index (κ3) is 2.81. The van der Waals surface area contributed by atoms with E-state index in [0.717, 1.165) is 24.0 Å². The van der Waals surface area contributed by atoms with Crippen LogP contribution in [0.25, 0.3) is 0 Å². The first-order valence-corrected chi connectivity index (χ1v) is 9.41. The van der Waals surface area contributed by atoms with Crippen molar-refractivity contribution in [3.63, 3.8) is 0 Å². The Hall–Kier alpha value is -1.30. The number of nitrogens with zero attached hydrogens (tertiary/aromatic N) is 1. The maximum atomic E-state index is 11.9. The smallest absolute Gasteiger partial charge is 0.179 e. The second kappa shape index (κ2) is 5.72. The number of fused-ring (bicyclic) bond motifs is 1. The average molecular weight is 357 g/mol. The van der Waals surface area contributed by atoms with Crippen LogP contribution in [0.1, 0.15) is 23.6 Å². The highest BCUT2D eigenvalue weighted by Gasteiger charge is 2.27. The fraction of sp³-hybridized carbons (Fsp3) is 0.267. The topological polar surface area (TPSA) is 59.1 Å². The van der Waals surface area contributed by atoms with Crippen molar-refractivity contribution in [1.29, 1.82) is 0 Å². The first-order chi connectivity index (χ1) is 10.4. The maximum Gasteiger partial charge on any atom is 0.179 e. The van der Waals surface area contributed by atoms with Crippen LogP contribution in [0.5, 0.6) is 0 Å². The van der Waals surface area contributed by atoms with E-state index in [4.69, 9.17) is 23.2 Å². The zero-order valence-electron chi connectivity index (χ0n) is 11.8. The molecular weight excluding hydrogens is 343 g/mol. The molecule has 1 heterocycles. The number of sulfone groups is 1. The molecule has 1 aliphatic rings. The average Bonchev–Trinajstić information content (AvgIpc) is 2.86. The van der Waals surface area contributed by atoms with Gasteiger partial charge in [-0.25, -0.2) is 13.4 Å². The van der Waals surface area contributed by atoms with Gasteiger partial charge in [0.25, 0.3) is 0 Å². The van der Waals surface area contributed by atoms with Gasteiger partial charge in [-0.05, 0) is 42.2 Å². The predicted molar refractivity (Wildman–Crippen MR) is 88.5 cm³/mol. The number of pyridine rings is 1. The maximum absolute atomic E-state index is 11.9. The summed E-state index contributed by atoms with van der Waals surface area (Å²) in [6.45, 7) is 0. The predicted octanol–water partition coefficient (Wildman–Crippen LogP) is 3.89. The molecule has 1 aromatic heterocycles. The van der Waals surface area contributed by atoms with Gasteiger partial charge >= 0.3 is 0 Å². The van der Waals surface area contributed by atoms with E-state index in [0.29, 0.717) is 15.9 Å². The van der Waals surface area contributed by atoms with Crippen LogP contribution in [0.4, 0.5) is 5.82 Å². The van der Waals surface area contributed by atoms with Gasteiger partial charge < -0.3 is 5.32 Å². The van der Waals surface area contributed by atoms with E-state index in [-0.39, 0.29) is 10.9 Å². The lowest BCUT2D eigenvalue weighted by atomic mass is 10.1. The molecule has 0 bridgehead atoms. The van der Waals surface area contributed by atoms with Gasteiger partial charge in [0.1, 0.15) is 10.7 Å². The highest BCUT2D eigenvalue weighted by molar-refractivity contribution is 7.90. The van der Waals surface area contributed by atoms with Crippen molar-refractivity contribution in [2.45, 2.75) is 23.8 Å². The van der Waals surface area contributed by atoms with Gasteiger partial charge in [0.05, 0.1) is 16.1 Å². The second-order valence-corrected chi connectivity index (χ2v) is 8.06. The SMILES string of the molecule is CS(=O)(=O)c1cccnc1NC1CCc2c1ccc(Cl)c2Cl. The second-order valence-electron chi connectivity index (χ2n) is 5.29. The molecule has 116 valence electrons. The minimum absolute atomic E-state index is 0.0276. The zero-order valence-corrected chi connectivity index (χ0v) is 14.1. The largest absolute Gasteiger partial charge is 0.362 e. The van der Waals surface area contributed by atoms with Crippen LogP contribution in [0.2, 0.25) is 10.0 Å². The molecule has 7 heteroatoms. The van der Waals surface area contributed by atoms with Crippen LogP contribution in [0.15, 0.2) is 35.4 Å². The van der Waals surface area contributed by atoms with Crippen LogP contribution < -0.4 is 5.32 Å². The van der Waals surface area contributed by atoms with E-state index in [1.165, 1.54) is 6.26 Å². The molecule has 0 aliphatic heterocycles. The van der Waals surface area contributed by atoms with Crippen molar-refractivity contribution in [1.82, 2.24) is 4.98 Å².